The van der Waals surface area contributed by atoms with Crippen molar-refractivity contribution in [3.8, 4) is 5.75 Å². The molecule has 0 fully saturated rings. The first-order chi connectivity index (χ1) is 6.99. The minimum Gasteiger partial charge on any atom is -0.490 e. The van der Waals surface area contributed by atoms with Crippen molar-refractivity contribution in [3.05, 3.63) is 29.3 Å². The molecule has 80 valence electrons. The Kier molecular flexibility index (Phi) is 2.47. The maximum atomic E-state index is 6.18. The molecule has 1 aliphatic rings. The number of aliphatic imine (C=N–C) groups is 1. The Bertz CT molecular complexity index is 424. The molecule has 1 aliphatic heterocycles. The summed E-state index contributed by atoms with van der Waals surface area (Å²) in [5, 5.41) is 0.538. The molecule has 0 aliphatic carbocycles. The van der Waals surface area contributed by atoms with Gasteiger partial charge in [-0.3, -0.25) is 4.99 Å². The first kappa shape index (κ1) is 10.5. The van der Waals surface area contributed by atoms with Crippen molar-refractivity contribution in [2.24, 2.45) is 4.99 Å². The highest BCUT2D eigenvalue weighted by Gasteiger charge is 2.24. The maximum Gasteiger partial charge on any atom is 0.135 e. The number of fused-ring (bicyclic) bond motifs is 1. The molecule has 0 saturated heterocycles. The van der Waals surface area contributed by atoms with E-state index in [-0.39, 0.29) is 5.54 Å². The van der Waals surface area contributed by atoms with Crippen LogP contribution in [0.3, 0.4) is 0 Å². The van der Waals surface area contributed by atoms with E-state index >= 15 is 0 Å². The third kappa shape index (κ3) is 2.00. The van der Waals surface area contributed by atoms with Crippen LogP contribution in [0.1, 0.15) is 25.0 Å². The second kappa shape index (κ2) is 3.53. The van der Waals surface area contributed by atoms with E-state index < -0.39 is 0 Å². The summed E-state index contributed by atoms with van der Waals surface area (Å²) in [7, 11) is 0. The number of hydrogen-bond acceptors (Lipinski definition) is 2. The third-order valence-electron chi connectivity index (χ3n) is 2.40. The van der Waals surface area contributed by atoms with Crippen LogP contribution >= 0.6 is 11.6 Å². The number of nitrogens with zero attached hydrogens (tertiary/aromatic N) is 1. The zero-order valence-corrected chi connectivity index (χ0v) is 9.93. The van der Waals surface area contributed by atoms with Gasteiger partial charge >= 0.3 is 0 Å². The van der Waals surface area contributed by atoms with Crippen molar-refractivity contribution >= 4 is 16.8 Å². The van der Waals surface area contributed by atoms with Crippen molar-refractivity contribution in [2.45, 2.75) is 26.3 Å². The van der Waals surface area contributed by atoms with Crippen molar-refractivity contribution in [1.29, 1.82) is 0 Å². The molecule has 3 heteroatoms. The molecule has 0 amide bonds. The summed E-state index contributed by atoms with van der Waals surface area (Å²) in [6.45, 7) is 6.59. The van der Waals surface area contributed by atoms with Gasteiger partial charge in [0.05, 0.1) is 11.1 Å². The molecule has 0 bridgehead atoms. The molecule has 15 heavy (non-hydrogen) atoms. The lowest BCUT2D eigenvalue weighted by atomic mass is 10.1. The highest BCUT2D eigenvalue weighted by molar-refractivity contribution is 6.70. The van der Waals surface area contributed by atoms with Gasteiger partial charge in [0.15, 0.2) is 0 Å². The van der Waals surface area contributed by atoms with E-state index in [4.69, 9.17) is 16.3 Å². The average molecular weight is 224 g/mol. The second-order valence-electron chi connectivity index (χ2n) is 4.46. The minimum absolute atomic E-state index is 0.261. The molecule has 0 spiro atoms. The van der Waals surface area contributed by atoms with Gasteiger partial charge in [0.2, 0.25) is 0 Å². The van der Waals surface area contributed by atoms with Crippen LogP contribution in [0.15, 0.2) is 23.2 Å². The average Bonchev–Trinajstić information content (AvgIpc) is 2.25. The monoisotopic (exact) mass is 223 g/mol. The highest BCUT2D eigenvalue weighted by Crippen LogP contribution is 2.30. The molecule has 0 atom stereocenters. The van der Waals surface area contributed by atoms with Gasteiger partial charge in [0, 0.05) is 0 Å². The Balaban J connectivity index is 2.56. The van der Waals surface area contributed by atoms with E-state index in [9.17, 15) is 0 Å². The predicted octanol–water partition coefficient (Wildman–Crippen LogP) is 3.15. The van der Waals surface area contributed by atoms with Crippen molar-refractivity contribution in [1.82, 2.24) is 0 Å². The number of para-hydroxylation sites is 1. The predicted molar refractivity (Wildman–Crippen MR) is 63.1 cm³/mol. The number of aryl methyl sites for hydroxylation is 1. The van der Waals surface area contributed by atoms with Gasteiger partial charge in [-0.15, -0.1) is 0 Å². The Morgan fingerprint density at radius 1 is 1.40 bits per heavy atom. The van der Waals surface area contributed by atoms with Gasteiger partial charge < -0.3 is 4.74 Å². The standard InChI is InChI=1S/C12H14ClNO/c1-8-5-4-6-9-10(8)15-7-12(2,3)14-11(9)13/h4-6H,7H2,1-3H3. The number of halogens is 1. The molecular weight excluding hydrogens is 210 g/mol. The summed E-state index contributed by atoms with van der Waals surface area (Å²) in [5.41, 5.74) is 1.73. The number of ether oxygens (including phenoxy) is 1. The van der Waals surface area contributed by atoms with Crippen LogP contribution < -0.4 is 4.74 Å². The highest BCUT2D eigenvalue weighted by atomic mass is 35.5. The smallest absolute Gasteiger partial charge is 0.135 e. The Morgan fingerprint density at radius 2 is 2.13 bits per heavy atom. The summed E-state index contributed by atoms with van der Waals surface area (Å²) < 4.78 is 5.77. The van der Waals surface area contributed by atoms with E-state index in [0.29, 0.717) is 11.8 Å². The van der Waals surface area contributed by atoms with E-state index in [1.807, 2.05) is 39.0 Å². The zero-order valence-electron chi connectivity index (χ0n) is 9.17. The van der Waals surface area contributed by atoms with Crippen molar-refractivity contribution in [3.63, 3.8) is 0 Å². The second-order valence-corrected chi connectivity index (χ2v) is 4.81. The largest absolute Gasteiger partial charge is 0.490 e. The van der Waals surface area contributed by atoms with E-state index in [0.717, 1.165) is 16.9 Å². The lowest BCUT2D eigenvalue weighted by molar-refractivity contribution is 0.247. The summed E-state index contributed by atoms with van der Waals surface area (Å²) in [6.07, 6.45) is 0. The molecular formula is C12H14ClNO. The minimum atomic E-state index is -0.261. The summed E-state index contributed by atoms with van der Waals surface area (Å²) in [4.78, 5) is 4.45. The fraction of sp³-hybridized carbons (Fsp3) is 0.417. The zero-order chi connectivity index (χ0) is 11.1. The van der Waals surface area contributed by atoms with E-state index in [1.54, 1.807) is 0 Å². The fourth-order valence-electron chi connectivity index (χ4n) is 1.61. The van der Waals surface area contributed by atoms with Gasteiger partial charge in [-0.2, -0.15) is 0 Å². The Hall–Kier alpha value is -1.02. The molecule has 1 aromatic rings. The van der Waals surface area contributed by atoms with E-state index in [2.05, 4.69) is 4.99 Å². The molecule has 0 radical (unpaired) electrons. The first-order valence-electron chi connectivity index (χ1n) is 4.98. The topological polar surface area (TPSA) is 21.6 Å². The number of hydrogen-bond donors (Lipinski definition) is 0. The lowest BCUT2D eigenvalue weighted by Crippen LogP contribution is -2.25. The van der Waals surface area contributed by atoms with Crippen LogP contribution in [0.4, 0.5) is 0 Å². The first-order valence-corrected chi connectivity index (χ1v) is 5.35. The Morgan fingerprint density at radius 3 is 2.87 bits per heavy atom. The maximum absolute atomic E-state index is 6.18. The summed E-state index contributed by atoms with van der Waals surface area (Å²) in [5.74, 6) is 0.858. The third-order valence-corrected chi connectivity index (χ3v) is 2.69. The van der Waals surface area contributed by atoms with Gasteiger partial charge in [0.25, 0.3) is 0 Å². The van der Waals surface area contributed by atoms with Crippen LogP contribution in [0.5, 0.6) is 5.75 Å². The molecule has 0 aromatic heterocycles. The summed E-state index contributed by atoms with van der Waals surface area (Å²) in [6, 6.07) is 5.92. The number of benzene rings is 1. The van der Waals surface area contributed by atoms with Gasteiger partial charge in [-0.05, 0) is 32.4 Å². The molecule has 1 heterocycles. The van der Waals surface area contributed by atoms with E-state index in [1.165, 1.54) is 0 Å². The van der Waals surface area contributed by atoms with Crippen LogP contribution in [0, 0.1) is 6.92 Å². The van der Waals surface area contributed by atoms with Crippen molar-refractivity contribution < 1.29 is 4.74 Å². The van der Waals surface area contributed by atoms with Crippen LogP contribution in [0.25, 0.3) is 0 Å². The Labute approximate surface area is 94.9 Å². The van der Waals surface area contributed by atoms with Crippen LogP contribution in [-0.2, 0) is 0 Å². The molecule has 0 unspecified atom stereocenters. The van der Waals surface area contributed by atoms with Gasteiger partial charge in [-0.25, -0.2) is 0 Å². The normalized spacial score (nSPS) is 18.5. The SMILES string of the molecule is Cc1cccc2c1OCC(C)(C)N=C2Cl. The van der Waals surface area contributed by atoms with Gasteiger partial charge in [-0.1, -0.05) is 23.7 Å². The van der Waals surface area contributed by atoms with Gasteiger partial charge in [0.1, 0.15) is 17.5 Å². The molecule has 1 aromatic carbocycles. The van der Waals surface area contributed by atoms with Crippen LogP contribution in [0.2, 0.25) is 0 Å². The fourth-order valence-corrected chi connectivity index (χ4v) is 1.99. The molecule has 2 nitrogen and oxygen atoms in total. The summed E-state index contributed by atoms with van der Waals surface area (Å²) >= 11 is 6.18. The molecule has 0 saturated carbocycles. The molecule has 2 rings (SSSR count). The quantitative estimate of drug-likeness (QED) is 0.662. The van der Waals surface area contributed by atoms with Crippen LogP contribution in [-0.4, -0.2) is 17.3 Å². The van der Waals surface area contributed by atoms with Crippen molar-refractivity contribution in [2.75, 3.05) is 6.61 Å². The molecule has 0 N–H and O–H groups in total. The lowest BCUT2D eigenvalue weighted by Gasteiger charge is -2.17. The number of rotatable bonds is 0.